The smallest absolute Gasteiger partial charge is 0.203 e. The number of ether oxygens (including phenoxy) is 6. The highest BCUT2D eigenvalue weighted by atomic mass is 16.6. The molecule has 0 aromatic heterocycles. The van der Waals surface area contributed by atoms with Crippen molar-refractivity contribution in [2.24, 2.45) is 0 Å². The van der Waals surface area contributed by atoms with E-state index in [4.69, 9.17) is 28.4 Å². The Balaban J connectivity index is 1.51. The van der Waals surface area contributed by atoms with E-state index in [9.17, 15) is 0 Å². The molecule has 3 aliphatic rings. The van der Waals surface area contributed by atoms with E-state index in [1.54, 1.807) is 0 Å². The first-order valence-corrected chi connectivity index (χ1v) is 7.66. The maximum Gasteiger partial charge on any atom is 0.203 e. The summed E-state index contributed by atoms with van der Waals surface area (Å²) in [4.78, 5) is 0. The second-order valence-electron chi connectivity index (χ2n) is 5.84. The van der Waals surface area contributed by atoms with Gasteiger partial charge in [-0.1, -0.05) is 6.07 Å². The highest BCUT2D eigenvalue weighted by molar-refractivity contribution is 5.55. The van der Waals surface area contributed by atoms with Gasteiger partial charge in [0.15, 0.2) is 11.5 Å². The van der Waals surface area contributed by atoms with Gasteiger partial charge in [-0.25, -0.2) is 0 Å². The summed E-state index contributed by atoms with van der Waals surface area (Å²) < 4.78 is 33.3. The quantitative estimate of drug-likeness (QED) is 0.641. The molecule has 6 nitrogen and oxygen atoms in total. The van der Waals surface area contributed by atoms with Crippen LogP contribution in [0.25, 0.3) is 0 Å². The van der Waals surface area contributed by atoms with Crippen molar-refractivity contribution >= 4 is 0 Å². The lowest BCUT2D eigenvalue weighted by Crippen LogP contribution is -2.12. The van der Waals surface area contributed by atoms with Gasteiger partial charge < -0.3 is 28.4 Å². The van der Waals surface area contributed by atoms with Crippen molar-refractivity contribution in [3.63, 3.8) is 0 Å². The topological polar surface area (TPSA) is 65.3 Å². The van der Waals surface area contributed by atoms with Gasteiger partial charge in [-0.05, 0) is 18.6 Å². The van der Waals surface area contributed by atoms with Crippen LogP contribution < -0.4 is 14.2 Å². The van der Waals surface area contributed by atoms with Crippen LogP contribution in [-0.2, 0) is 14.2 Å². The molecule has 120 valence electrons. The molecule has 0 aliphatic carbocycles. The maximum absolute atomic E-state index is 5.92. The van der Waals surface area contributed by atoms with E-state index in [1.165, 1.54) is 0 Å². The molecule has 22 heavy (non-hydrogen) atoms. The molecule has 0 spiro atoms. The Morgan fingerprint density at radius 2 is 1.32 bits per heavy atom. The van der Waals surface area contributed by atoms with E-state index in [0.717, 1.165) is 31.1 Å². The molecule has 0 N–H and O–H groups in total. The summed E-state index contributed by atoms with van der Waals surface area (Å²) in [5.74, 6) is 2.07. The number of aryl methyl sites for hydroxylation is 1. The Bertz CT molecular complexity index is 534. The van der Waals surface area contributed by atoms with Crippen molar-refractivity contribution in [2.75, 3.05) is 39.6 Å². The Kier molecular flexibility index (Phi) is 3.82. The summed E-state index contributed by atoms with van der Waals surface area (Å²) in [7, 11) is 0. The monoisotopic (exact) mass is 308 g/mol. The fourth-order valence-electron chi connectivity index (χ4n) is 2.10. The van der Waals surface area contributed by atoms with Crippen molar-refractivity contribution in [3.8, 4) is 17.2 Å². The summed E-state index contributed by atoms with van der Waals surface area (Å²) in [6.45, 7) is 5.86. The average molecular weight is 308 g/mol. The second-order valence-corrected chi connectivity index (χ2v) is 5.84. The first-order valence-electron chi connectivity index (χ1n) is 7.66. The lowest BCUT2D eigenvalue weighted by atomic mass is 10.2. The third-order valence-corrected chi connectivity index (χ3v) is 3.73. The van der Waals surface area contributed by atoms with E-state index in [0.29, 0.717) is 31.3 Å². The predicted octanol–water partition coefficient (Wildman–Crippen LogP) is 1.33. The molecular formula is C16H20O6. The highest BCUT2D eigenvalue weighted by Crippen LogP contribution is 2.41. The maximum atomic E-state index is 5.92. The summed E-state index contributed by atoms with van der Waals surface area (Å²) in [6, 6.07) is 3.90. The van der Waals surface area contributed by atoms with Gasteiger partial charge in [0.2, 0.25) is 5.75 Å². The third kappa shape index (κ3) is 3.63. The van der Waals surface area contributed by atoms with Crippen LogP contribution in [0.4, 0.5) is 0 Å². The summed E-state index contributed by atoms with van der Waals surface area (Å²) in [5.41, 5.74) is 1.02. The normalized spacial score (nSPS) is 28.1. The van der Waals surface area contributed by atoms with Crippen LogP contribution in [0.5, 0.6) is 17.2 Å². The number of hydrogen-bond acceptors (Lipinski definition) is 6. The zero-order valence-electron chi connectivity index (χ0n) is 12.6. The predicted molar refractivity (Wildman–Crippen MR) is 76.9 cm³/mol. The van der Waals surface area contributed by atoms with E-state index in [2.05, 4.69) is 0 Å². The molecule has 0 amide bonds. The first-order chi connectivity index (χ1) is 10.8. The first kappa shape index (κ1) is 14.1. The third-order valence-electron chi connectivity index (χ3n) is 3.73. The molecule has 1 aromatic carbocycles. The van der Waals surface area contributed by atoms with Crippen LogP contribution in [-0.4, -0.2) is 58.0 Å². The number of hydrogen-bond donors (Lipinski definition) is 0. The Labute approximate surface area is 129 Å². The van der Waals surface area contributed by atoms with Crippen molar-refractivity contribution in [1.29, 1.82) is 0 Å². The van der Waals surface area contributed by atoms with Gasteiger partial charge in [-0.15, -0.1) is 0 Å². The second kappa shape index (κ2) is 5.95. The molecule has 3 fully saturated rings. The molecule has 1 aromatic rings. The van der Waals surface area contributed by atoms with Gasteiger partial charge in [0.25, 0.3) is 0 Å². The molecule has 4 rings (SSSR count). The lowest BCUT2D eigenvalue weighted by Gasteiger charge is -2.18. The van der Waals surface area contributed by atoms with Crippen molar-refractivity contribution in [3.05, 3.63) is 17.7 Å². The van der Waals surface area contributed by atoms with Gasteiger partial charge in [0.05, 0.1) is 19.8 Å². The van der Waals surface area contributed by atoms with Crippen LogP contribution in [0.2, 0.25) is 0 Å². The summed E-state index contributed by atoms with van der Waals surface area (Å²) in [6.07, 6.45) is 0.577. The minimum absolute atomic E-state index is 0.180. The highest BCUT2D eigenvalue weighted by Gasteiger charge is 2.29. The molecule has 3 unspecified atom stereocenters. The number of rotatable bonds is 9. The zero-order chi connectivity index (χ0) is 14.9. The van der Waals surface area contributed by atoms with Gasteiger partial charge in [-0.3, -0.25) is 0 Å². The molecule has 3 saturated heterocycles. The Hall–Kier alpha value is -1.50. The van der Waals surface area contributed by atoms with Gasteiger partial charge in [0.1, 0.15) is 38.1 Å². The van der Waals surface area contributed by atoms with Crippen molar-refractivity contribution < 1.29 is 28.4 Å². The average Bonchev–Trinajstić information content (AvgIpc) is 3.38. The molecule has 3 heterocycles. The molecular weight excluding hydrogens is 288 g/mol. The minimum Gasteiger partial charge on any atom is -0.487 e. The molecule has 0 radical (unpaired) electrons. The summed E-state index contributed by atoms with van der Waals surface area (Å²) >= 11 is 0. The minimum atomic E-state index is 0.180. The molecule has 3 aliphatic heterocycles. The van der Waals surface area contributed by atoms with Crippen LogP contribution in [0, 0.1) is 6.92 Å². The molecule has 3 atom stereocenters. The van der Waals surface area contributed by atoms with E-state index in [1.807, 2.05) is 19.1 Å². The van der Waals surface area contributed by atoms with Gasteiger partial charge in [-0.2, -0.15) is 0 Å². The number of epoxide rings is 3. The Morgan fingerprint density at radius 3 is 1.86 bits per heavy atom. The van der Waals surface area contributed by atoms with Gasteiger partial charge in [0, 0.05) is 0 Å². The lowest BCUT2D eigenvalue weighted by molar-refractivity contribution is 0.208. The number of benzene rings is 1. The fraction of sp³-hybridized carbons (Fsp3) is 0.625. The van der Waals surface area contributed by atoms with Crippen LogP contribution in [0.15, 0.2) is 12.1 Å². The molecule has 6 heteroatoms. The largest absolute Gasteiger partial charge is 0.487 e. The SMILES string of the molecule is Cc1ccc(OCC2CO2)c(OCC2CO2)c1OCC1CO1. The van der Waals surface area contributed by atoms with Crippen molar-refractivity contribution in [2.45, 2.75) is 25.2 Å². The fourth-order valence-corrected chi connectivity index (χ4v) is 2.10. The standard InChI is InChI=1S/C16H20O6/c1-10-2-3-14(20-7-11-4-17-11)16(22-9-13-6-19-13)15(10)21-8-12-5-18-12/h2-3,11-13H,4-9H2,1H3. The zero-order valence-corrected chi connectivity index (χ0v) is 12.6. The van der Waals surface area contributed by atoms with Crippen LogP contribution in [0.3, 0.4) is 0 Å². The Morgan fingerprint density at radius 1 is 0.818 bits per heavy atom. The molecule has 0 saturated carbocycles. The van der Waals surface area contributed by atoms with Crippen LogP contribution in [0.1, 0.15) is 5.56 Å². The van der Waals surface area contributed by atoms with Crippen molar-refractivity contribution in [1.82, 2.24) is 0 Å². The molecule has 0 bridgehead atoms. The van der Waals surface area contributed by atoms with E-state index >= 15 is 0 Å². The van der Waals surface area contributed by atoms with Crippen LogP contribution >= 0.6 is 0 Å². The van der Waals surface area contributed by atoms with E-state index in [-0.39, 0.29) is 18.3 Å². The van der Waals surface area contributed by atoms with E-state index < -0.39 is 0 Å². The van der Waals surface area contributed by atoms with Gasteiger partial charge >= 0.3 is 0 Å². The summed E-state index contributed by atoms with van der Waals surface area (Å²) in [5, 5.41) is 0.